The van der Waals surface area contributed by atoms with Crippen molar-refractivity contribution in [3.05, 3.63) is 27.7 Å². The predicted octanol–water partition coefficient (Wildman–Crippen LogP) is 2.23. The van der Waals surface area contributed by atoms with Gasteiger partial charge < -0.3 is 14.9 Å². The van der Waals surface area contributed by atoms with Crippen molar-refractivity contribution < 1.29 is 19.7 Å². The van der Waals surface area contributed by atoms with E-state index in [1.807, 2.05) is 0 Å². The van der Waals surface area contributed by atoms with Crippen molar-refractivity contribution in [1.82, 2.24) is 4.90 Å². The average Bonchev–Trinajstić information content (AvgIpc) is 2.31. The summed E-state index contributed by atoms with van der Waals surface area (Å²) in [5.74, 6) is -1.04. The fraction of sp³-hybridized carbons (Fsp3) is 0.417. The lowest BCUT2D eigenvalue weighted by Gasteiger charge is -2.20. The molecule has 0 spiro atoms. The Kier molecular flexibility index (Phi) is 6.37. The Morgan fingerprint density at radius 1 is 1.42 bits per heavy atom. The second-order valence-corrected chi connectivity index (χ2v) is 4.84. The Morgan fingerprint density at radius 3 is 2.68 bits per heavy atom. The molecule has 1 aromatic carbocycles. The van der Waals surface area contributed by atoms with Gasteiger partial charge in [-0.2, -0.15) is 0 Å². The van der Waals surface area contributed by atoms with Crippen molar-refractivity contribution in [2.24, 2.45) is 0 Å². The molecule has 1 aromatic rings. The van der Waals surface area contributed by atoms with E-state index in [9.17, 15) is 9.90 Å². The molecule has 19 heavy (non-hydrogen) atoms. The molecule has 0 bridgehead atoms. The van der Waals surface area contributed by atoms with Crippen LogP contribution in [0, 0.1) is 0 Å². The number of phenolic OH excluding ortho intramolecular Hbond substituents is 1. The number of carbonyl (C=O) groups is 1. The molecule has 0 aliphatic heterocycles. The summed E-state index contributed by atoms with van der Waals surface area (Å²) in [6.07, 6.45) is 0. The first-order valence-electron chi connectivity index (χ1n) is 5.54. The number of methoxy groups -OCH3 is 1. The molecule has 106 valence electrons. The van der Waals surface area contributed by atoms with Crippen LogP contribution >= 0.6 is 23.2 Å². The van der Waals surface area contributed by atoms with Gasteiger partial charge in [-0.25, -0.2) is 0 Å². The molecule has 0 saturated heterocycles. The molecule has 0 saturated carbocycles. The number of benzene rings is 1. The van der Waals surface area contributed by atoms with Crippen molar-refractivity contribution in [1.29, 1.82) is 0 Å². The number of phenols is 1. The van der Waals surface area contributed by atoms with E-state index in [1.165, 1.54) is 13.2 Å². The van der Waals surface area contributed by atoms with Crippen molar-refractivity contribution in [3.8, 4) is 5.75 Å². The SMILES string of the molecule is COCCN(CC(=O)O)Cc1cc(Cl)cc(Cl)c1O. The van der Waals surface area contributed by atoms with Crippen molar-refractivity contribution in [3.63, 3.8) is 0 Å². The van der Waals surface area contributed by atoms with E-state index in [2.05, 4.69) is 0 Å². The van der Waals surface area contributed by atoms with E-state index in [1.54, 1.807) is 11.0 Å². The minimum atomic E-state index is -0.955. The van der Waals surface area contributed by atoms with Gasteiger partial charge in [-0.05, 0) is 12.1 Å². The number of ether oxygens (including phenoxy) is 1. The average molecular weight is 308 g/mol. The van der Waals surface area contributed by atoms with Crippen LogP contribution in [0.4, 0.5) is 0 Å². The first kappa shape index (κ1) is 16.0. The van der Waals surface area contributed by atoms with Gasteiger partial charge in [0.25, 0.3) is 0 Å². The molecule has 2 N–H and O–H groups in total. The number of hydrogen-bond acceptors (Lipinski definition) is 4. The second-order valence-electron chi connectivity index (χ2n) is 3.99. The van der Waals surface area contributed by atoms with Gasteiger partial charge in [0.1, 0.15) is 5.75 Å². The Labute approximate surface area is 121 Å². The zero-order chi connectivity index (χ0) is 14.4. The highest BCUT2D eigenvalue weighted by Crippen LogP contribution is 2.31. The summed E-state index contributed by atoms with van der Waals surface area (Å²) in [7, 11) is 1.53. The van der Waals surface area contributed by atoms with E-state index >= 15 is 0 Å². The van der Waals surface area contributed by atoms with E-state index in [0.717, 1.165) is 0 Å². The highest BCUT2D eigenvalue weighted by Gasteiger charge is 2.14. The molecule has 7 heteroatoms. The molecule has 5 nitrogen and oxygen atoms in total. The minimum Gasteiger partial charge on any atom is -0.506 e. The standard InChI is InChI=1S/C12H15Cl2NO4/c1-19-3-2-15(7-11(16)17)6-8-4-9(13)5-10(14)12(8)18/h4-5,18H,2-3,6-7H2,1H3,(H,16,17). The molecule has 0 aliphatic carbocycles. The molecule has 0 unspecified atom stereocenters. The molecule has 0 aromatic heterocycles. The quantitative estimate of drug-likeness (QED) is 0.808. The minimum absolute atomic E-state index is 0.0844. The Morgan fingerprint density at radius 2 is 2.11 bits per heavy atom. The van der Waals surface area contributed by atoms with Gasteiger partial charge in [-0.3, -0.25) is 9.69 Å². The number of rotatable bonds is 7. The maximum atomic E-state index is 10.8. The van der Waals surface area contributed by atoms with Crippen LogP contribution in [0.2, 0.25) is 10.0 Å². The van der Waals surface area contributed by atoms with Crippen molar-refractivity contribution in [2.75, 3.05) is 26.8 Å². The molecular weight excluding hydrogens is 293 g/mol. The second kappa shape index (κ2) is 7.55. The van der Waals surface area contributed by atoms with E-state index in [4.69, 9.17) is 33.0 Å². The van der Waals surface area contributed by atoms with Crippen LogP contribution in [0.5, 0.6) is 5.75 Å². The Bertz CT molecular complexity index is 454. The molecule has 0 aliphatic rings. The molecule has 1 rings (SSSR count). The molecule has 0 heterocycles. The number of carboxylic acids is 1. The number of carboxylic acid groups (broad SMARTS) is 1. The molecular formula is C12H15Cl2NO4. The van der Waals surface area contributed by atoms with Crippen LogP contribution in [-0.2, 0) is 16.1 Å². The van der Waals surface area contributed by atoms with Crippen molar-refractivity contribution in [2.45, 2.75) is 6.54 Å². The lowest BCUT2D eigenvalue weighted by Crippen LogP contribution is -2.32. The van der Waals surface area contributed by atoms with E-state index < -0.39 is 5.97 Å². The number of nitrogens with zero attached hydrogens (tertiary/aromatic N) is 1. The van der Waals surface area contributed by atoms with Gasteiger partial charge in [0.05, 0.1) is 18.2 Å². The van der Waals surface area contributed by atoms with Gasteiger partial charge in [0.2, 0.25) is 0 Å². The van der Waals surface area contributed by atoms with Crippen LogP contribution in [0.3, 0.4) is 0 Å². The highest BCUT2D eigenvalue weighted by atomic mass is 35.5. The lowest BCUT2D eigenvalue weighted by atomic mass is 10.2. The molecule has 0 amide bonds. The van der Waals surface area contributed by atoms with Crippen LogP contribution in [0.1, 0.15) is 5.56 Å². The first-order valence-corrected chi connectivity index (χ1v) is 6.29. The van der Waals surface area contributed by atoms with E-state index in [0.29, 0.717) is 23.7 Å². The Balaban J connectivity index is 2.85. The highest BCUT2D eigenvalue weighted by molar-refractivity contribution is 6.35. The van der Waals surface area contributed by atoms with Crippen LogP contribution < -0.4 is 0 Å². The normalized spacial score (nSPS) is 10.9. The van der Waals surface area contributed by atoms with Gasteiger partial charge in [0, 0.05) is 30.8 Å². The fourth-order valence-electron chi connectivity index (χ4n) is 1.61. The fourth-order valence-corrected chi connectivity index (χ4v) is 2.14. The summed E-state index contributed by atoms with van der Waals surface area (Å²) in [5.41, 5.74) is 0.481. The van der Waals surface area contributed by atoms with Gasteiger partial charge in [0.15, 0.2) is 0 Å². The van der Waals surface area contributed by atoms with Gasteiger partial charge >= 0.3 is 5.97 Å². The topological polar surface area (TPSA) is 70.0 Å². The smallest absolute Gasteiger partial charge is 0.317 e. The van der Waals surface area contributed by atoms with Crippen LogP contribution in [0.25, 0.3) is 0 Å². The summed E-state index contributed by atoms with van der Waals surface area (Å²) < 4.78 is 4.92. The molecule has 0 radical (unpaired) electrons. The largest absolute Gasteiger partial charge is 0.506 e. The summed E-state index contributed by atoms with van der Waals surface area (Å²) >= 11 is 11.7. The summed E-state index contributed by atoms with van der Waals surface area (Å²) in [6, 6.07) is 2.99. The lowest BCUT2D eigenvalue weighted by molar-refractivity contribution is -0.138. The number of aromatic hydroxyl groups is 1. The third-order valence-corrected chi connectivity index (χ3v) is 2.98. The predicted molar refractivity (Wildman–Crippen MR) is 72.9 cm³/mol. The van der Waals surface area contributed by atoms with Gasteiger partial charge in [-0.1, -0.05) is 23.2 Å². The van der Waals surface area contributed by atoms with Crippen LogP contribution in [0.15, 0.2) is 12.1 Å². The molecule has 0 fully saturated rings. The molecule has 0 atom stereocenters. The van der Waals surface area contributed by atoms with Crippen LogP contribution in [-0.4, -0.2) is 47.9 Å². The number of halogens is 2. The third kappa shape index (κ3) is 5.24. The maximum Gasteiger partial charge on any atom is 0.317 e. The summed E-state index contributed by atoms with van der Waals surface area (Å²) in [5, 5.41) is 19.2. The summed E-state index contributed by atoms with van der Waals surface area (Å²) in [6.45, 7) is 0.878. The maximum absolute atomic E-state index is 10.8. The zero-order valence-electron chi connectivity index (χ0n) is 10.4. The first-order chi connectivity index (χ1) is 8.93. The zero-order valence-corrected chi connectivity index (χ0v) is 11.9. The number of hydrogen-bond donors (Lipinski definition) is 2. The third-order valence-electron chi connectivity index (χ3n) is 2.47. The van der Waals surface area contributed by atoms with Gasteiger partial charge in [-0.15, -0.1) is 0 Å². The Hall–Kier alpha value is -1.01. The monoisotopic (exact) mass is 307 g/mol. The summed E-state index contributed by atoms with van der Waals surface area (Å²) in [4.78, 5) is 12.4. The van der Waals surface area contributed by atoms with E-state index in [-0.39, 0.29) is 23.9 Å². The number of aliphatic carboxylic acids is 1. The van der Waals surface area contributed by atoms with Crippen molar-refractivity contribution >= 4 is 29.2 Å².